The summed E-state index contributed by atoms with van der Waals surface area (Å²) in [6.07, 6.45) is 2.07. The zero-order valence-electron chi connectivity index (χ0n) is 13.4. The normalized spacial score (nSPS) is 20.5. The van der Waals surface area contributed by atoms with E-state index in [1.165, 1.54) is 0 Å². The highest BCUT2D eigenvalue weighted by Gasteiger charge is 2.31. The van der Waals surface area contributed by atoms with Gasteiger partial charge in [0, 0.05) is 25.3 Å². The van der Waals surface area contributed by atoms with Gasteiger partial charge in [-0.1, -0.05) is 6.92 Å². The van der Waals surface area contributed by atoms with E-state index in [9.17, 15) is 8.42 Å². The van der Waals surface area contributed by atoms with Gasteiger partial charge in [0.1, 0.15) is 0 Å². The van der Waals surface area contributed by atoms with Crippen molar-refractivity contribution in [3.05, 3.63) is 23.3 Å². The summed E-state index contributed by atoms with van der Waals surface area (Å²) >= 11 is 0. The van der Waals surface area contributed by atoms with Crippen LogP contribution in [0.3, 0.4) is 0 Å². The molecule has 1 heterocycles. The molecule has 1 aliphatic rings. The van der Waals surface area contributed by atoms with Gasteiger partial charge in [0.2, 0.25) is 10.0 Å². The lowest BCUT2D eigenvalue weighted by atomic mass is 10.0. The molecule has 0 spiro atoms. The van der Waals surface area contributed by atoms with E-state index in [1.54, 1.807) is 4.31 Å². The lowest BCUT2D eigenvalue weighted by Crippen LogP contribution is -2.39. The Hall–Kier alpha value is -1.07. The number of nitrogens with one attached hydrogen (secondary N) is 1. The molecule has 0 saturated carbocycles. The Kier molecular flexibility index (Phi) is 4.94. The second-order valence-electron chi connectivity index (χ2n) is 6.08. The van der Waals surface area contributed by atoms with Crippen LogP contribution in [0.25, 0.3) is 0 Å². The molecule has 118 valence electrons. The lowest BCUT2D eigenvalue weighted by molar-refractivity contribution is 0.281. The van der Waals surface area contributed by atoms with E-state index in [4.69, 9.17) is 0 Å². The Bertz CT molecular complexity index is 588. The van der Waals surface area contributed by atoms with E-state index in [0.717, 1.165) is 36.2 Å². The maximum atomic E-state index is 12.9. The van der Waals surface area contributed by atoms with Crippen molar-refractivity contribution >= 4 is 15.7 Å². The smallest absolute Gasteiger partial charge is 0.243 e. The molecule has 0 radical (unpaired) electrons. The molecule has 1 saturated heterocycles. The fourth-order valence-corrected chi connectivity index (χ4v) is 5.17. The zero-order valence-corrected chi connectivity index (χ0v) is 14.3. The van der Waals surface area contributed by atoms with E-state index in [-0.39, 0.29) is 0 Å². The fourth-order valence-electron chi connectivity index (χ4n) is 3.16. The van der Waals surface area contributed by atoms with Crippen molar-refractivity contribution in [1.82, 2.24) is 4.31 Å². The predicted octanol–water partition coefficient (Wildman–Crippen LogP) is 3.16. The number of sulfonamides is 1. The van der Waals surface area contributed by atoms with Crippen LogP contribution in [-0.4, -0.2) is 32.4 Å². The molecule has 4 nitrogen and oxygen atoms in total. The topological polar surface area (TPSA) is 49.4 Å². The lowest BCUT2D eigenvalue weighted by Gasteiger charge is -2.31. The number of anilines is 1. The van der Waals surface area contributed by atoms with Crippen LogP contribution in [-0.2, 0) is 10.0 Å². The SMILES string of the molecule is CCNc1cc(C)c(S(=O)(=O)N2CCCC(C)C2)c(C)c1. The molecule has 21 heavy (non-hydrogen) atoms. The summed E-state index contributed by atoms with van der Waals surface area (Å²) in [6.45, 7) is 10.0. The highest BCUT2D eigenvalue weighted by Crippen LogP contribution is 2.29. The zero-order chi connectivity index (χ0) is 15.6. The van der Waals surface area contributed by atoms with Gasteiger partial charge in [0.25, 0.3) is 0 Å². The van der Waals surface area contributed by atoms with Crippen LogP contribution in [0.4, 0.5) is 5.69 Å². The molecule has 1 atom stereocenters. The van der Waals surface area contributed by atoms with Crippen LogP contribution in [0.15, 0.2) is 17.0 Å². The third-order valence-corrected chi connectivity index (χ3v) is 6.23. The first-order chi connectivity index (χ1) is 9.86. The third-order valence-electron chi connectivity index (χ3n) is 4.06. The third kappa shape index (κ3) is 3.40. The number of nitrogens with zero attached hydrogens (tertiary/aromatic N) is 1. The van der Waals surface area contributed by atoms with E-state index < -0.39 is 10.0 Å². The fraction of sp³-hybridized carbons (Fsp3) is 0.625. The van der Waals surface area contributed by atoms with Crippen LogP contribution < -0.4 is 5.32 Å². The average Bonchev–Trinajstić information content (AvgIpc) is 2.37. The predicted molar refractivity (Wildman–Crippen MR) is 87.2 cm³/mol. The van der Waals surface area contributed by atoms with E-state index in [1.807, 2.05) is 32.9 Å². The highest BCUT2D eigenvalue weighted by atomic mass is 32.2. The molecule has 1 fully saturated rings. The Morgan fingerprint density at radius 1 is 1.29 bits per heavy atom. The van der Waals surface area contributed by atoms with Gasteiger partial charge < -0.3 is 5.32 Å². The van der Waals surface area contributed by atoms with Crippen molar-refractivity contribution in [2.24, 2.45) is 5.92 Å². The summed E-state index contributed by atoms with van der Waals surface area (Å²) in [6, 6.07) is 3.85. The minimum absolute atomic E-state index is 0.440. The van der Waals surface area contributed by atoms with Crippen molar-refractivity contribution in [2.45, 2.75) is 45.4 Å². The first-order valence-corrected chi connectivity index (χ1v) is 9.15. The summed E-state index contributed by atoms with van der Waals surface area (Å²) in [4.78, 5) is 0.484. The molecule has 0 bridgehead atoms. The quantitative estimate of drug-likeness (QED) is 0.929. The number of hydrogen-bond acceptors (Lipinski definition) is 3. The maximum Gasteiger partial charge on any atom is 0.243 e. The van der Waals surface area contributed by atoms with Crippen LogP contribution in [0.1, 0.15) is 37.8 Å². The van der Waals surface area contributed by atoms with Gasteiger partial charge in [-0.05, 0) is 62.8 Å². The minimum Gasteiger partial charge on any atom is -0.385 e. The second kappa shape index (κ2) is 6.36. The Labute approximate surface area is 128 Å². The van der Waals surface area contributed by atoms with Gasteiger partial charge in [-0.25, -0.2) is 8.42 Å². The molecule has 1 aromatic rings. The van der Waals surface area contributed by atoms with Crippen LogP contribution in [0.5, 0.6) is 0 Å². The standard InChI is InChI=1S/C16H26N2O2S/c1-5-17-15-9-13(3)16(14(4)10-15)21(19,20)18-8-6-7-12(2)11-18/h9-10,12,17H,5-8,11H2,1-4H3. The second-order valence-corrected chi connectivity index (χ2v) is 7.95. The van der Waals surface area contributed by atoms with Crippen LogP contribution >= 0.6 is 0 Å². The monoisotopic (exact) mass is 310 g/mol. The summed E-state index contributed by atoms with van der Waals surface area (Å²) in [5, 5.41) is 3.25. The number of piperidine rings is 1. The summed E-state index contributed by atoms with van der Waals surface area (Å²) < 4.78 is 27.6. The van der Waals surface area contributed by atoms with Gasteiger partial charge in [-0.15, -0.1) is 0 Å². The molecule has 2 rings (SSSR count). The van der Waals surface area contributed by atoms with Crippen LogP contribution in [0, 0.1) is 19.8 Å². The Balaban J connectivity index is 2.40. The molecule has 1 N–H and O–H groups in total. The van der Waals surface area contributed by atoms with Crippen molar-refractivity contribution in [3.63, 3.8) is 0 Å². The average molecular weight is 310 g/mol. The molecule has 1 unspecified atom stereocenters. The molecular formula is C16H26N2O2S. The van der Waals surface area contributed by atoms with Crippen molar-refractivity contribution in [2.75, 3.05) is 25.0 Å². The molecule has 5 heteroatoms. The summed E-state index contributed by atoms with van der Waals surface area (Å²) in [5.74, 6) is 0.440. The molecule has 1 aliphatic heterocycles. The van der Waals surface area contributed by atoms with E-state index >= 15 is 0 Å². The summed E-state index contributed by atoms with van der Waals surface area (Å²) in [7, 11) is -3.38. The van der Waals surface area contributed by atoms with Gasteiger partial charge in [-0.3, -0.25) is 0 Å². The Morgan fingerprint density at radius 3 is 2.43 bits per heavy atom. The number of benzene rings is 1. The largest absolute Gasteiger partial charge is 0.385 e. The Morgan fingerprint density at radius 2 is 1.90 bits per heavy atom. The van der Waals surface area contributed by atoms with Gasteiger partial charge in [0.15, 0.2) is 0 Å². The van der Waals surface area contributed by atoms with Crippen molar-refractivity contribution in [3.8, 4) is 0 Å². The van der Waals surface area contributed by atoms with Crippen molar-refractivity contribution in [1.29, 1.82) is 0 Å². The van der Waals surface area contributed by atoms with Gasteiger partial charge in [0.05, 0.1) is 4.90 Å². The van der Waals surface area contributed by atoms with Gasteiger partial charge in [-0.2, -0.15) is 4.31 Å². The first-order valence-electron chi connectivity index (χ1n) is 7.71. The number of hydrogen-bond donors (Lipinski definition) is 1. The highest BCUT2D eigenvalue weighted by molar-refractivity contribution is 7.89. The number of rotatable bonds is 4. The molecule has 0 aliphatic carbocycles. The molecular weight excluding hydrogens is 284 g/mol. The summed E-state index contributed by atoms with van der Waals surface area (Å²) in [5.41, 5.74) is 2.63. The van der Waals surface area contributed by atoms with Crippen molar-refractivity contribution < 1.29 is 8.42 Å². The first kappa shape index (κ1) is 16.3. The molecule has 0 aromatic heterocycles. The molecule has 1 aromatic carbocycles. The minimum atomic E-state index is -3.38. The maximum absolute atomic E-state index is 12.9. The molecule has 0 amide bonds. The number of aryl methyl sites for hydroxylation is 2. The van der Waals surface area contributed by atoms with Gasteiger partial charge >= 0.3 is 0 Å². The van der Waals surface area contributed by atoms with Crippen LogP contribution in [0.2, 0.25) is 0 Å². The van der Waals surface area contributed by atoms with E-state index in [0.29, 0.717) is 23.9 Å². The van der Waals surface area contributed by atoms with E-state index in [2.05, 4.69) is 12.2 Å².